The van der Waals surface area contributed by atoms with Crippen molar-refractivity contribution in [3.63, 3.8) is 0 Å². The Morgan fingerprint density at radius 2 is 2.14 bits per heavy atom. The lowest BCUT2D eigenvalue weighted by Gasteiger charge is -2.33. The van der Waals surface area contributed by atoms with Crippen molar-refractivity contribution in [2.45, 2.75) is 32.2 Å². The average molecular weight is 370 g/mol. The van der Waals surface area contributed by atoms with Gasteiger partial charge in [-0.2, -0.15) is 0 Å². The molecular formula is C15H20BrN3O3. The van der Waals surface area contributed by atoms with Gasteiger partial charge >= 0.3 is 0 Å². The van der Waals surface area contributed by atoms with Gasteiger partial charge in [0, 0.05) is 35.7 Å². The Balaban J connectivity index is 1.97. The number of nitro groups is 1. The van der Waals surface area contributed by atoms with E-state index in [0.29, 0.717) is 10.4 Å². The van der Waals surface area contributed by atoms with Crippen LogP contribution in [0, 0.1) is 16.0 Å². The predicted octanol–water partition coefficient (Wildman–Crippen LogP) is 2.49. The number of rotatable bonds is 4. The van der Waals surface area contributed by atoms with Gasteiger partial charge in [-0.3, -0.25) is 14.9 Å². The molecule has 1 fully saturated rings. The topological polar surface area (TPSA) is 89.5 Å². The third-order valence-corrected chi connectivity index (χ3v) is 4.96. The van der Waals surface area contributed by atoms with Crippen LogP contribution in [0.2, 0.25) is 0 Å². The molecular weight excluding hydrogens is 350 g/mol. The van der Waals surface area contributed by atoms with Crippen molar-refractivity contribution in [3.05, 3.63) is 38.3 Å². The standard InChI is InChI=1S/C15H20BrN3O3/c1-10(17)11-4-6-18(7-5-11)15(20)8-12-2-3-13(19(21)22)9-14(12)16/h2-3,9-11H,4-8,17H2,1H3. The molecule has 0 spiro atoms. The molecule has 0 bridgehead atoms. The number of likely N-dealkylation sites (tertiary alicyclic amines) is 1. The second kappa shape index (κ2) is 7.19. The molecule has 1 amide bonds. The maximum atomic E-state index is 12.4. The molecule has 0 radical (unpaired) electrons. The normalized spacial score (nSPS) is 17.3. The van der Waals surface area contributed by atoms with Crippen LogP contribution in [-0.2, 0) is 11.2 Å². The number of nitro benzene ring substituents is 1. The summed E-state index contributed by atoms with van der Waals surface area (Å²) < 4.78 is 0.598. The van der Waals surface area contributed by atoms with E-state index in [-0.39, 0.29) is 24.1 Å². The third-order valence-electron chi connectivity index (χ3n) is 4.23. The minimum atomic E-state index is -0.449. The number of hydrogen-bond donors (Lipinski definition) is 1. The summed E-state index contributed by atoms with van der Waals surface area (Å²) >= 11 is 3.30. The zero-order valence-corrected chi connectivity index (χ0v) is 14.1. The second-order valence-corrected chi connectivity index (χ2v) is 6.64. The number of carbonyl (C=O) groups excluding carboxylic acids is 1. The van der Waals surface area contributed by atoms with Crippen molar-refractivity contribution >= 4 is 27.5 Å². The van der Waals surface area contributed by atoms with Gasteiger partial charge in [-0.25, -0.2) is 0 Å². The minimum Gasteiger partial charge on any atom is -0.342 e. The summed E-state index contributed by atoms with van der Waals surface area (Å²) in [6.45, 7) is 3.47. The highest BCUT2D eigenvalue weighted by Crippen LogP contribution is 2.25. The van der Waals surface area contributed by atoms with Gasteiger partial charge in [0.2, 0.25) is 5.91 Å². The highest BCUT2D eigenvalue weighted by atomic mass is 79.9. The lowest BCUT2D eigenvalue weighted by Crippen LogP contribution is -2.43. The van der Waals surface area contributed by atoms with Crippen LogP contribution < -0.4 is 5.73 Å². The van der Waals surface area contributed by atoms with E-state index in [1.807, 2.05) is 11.8 Å². The highest BCUT2D eigenvalue weighted by Gasteiger charge is 2.25. The lowest BCUT2D eigenvalue weighted by molar-refractivity contribution is -0.384. The first-order chi connectivity index (χ1) is 10.4. The van der Waals surface area contributed by atoms with Crippen LogP contribution >= 0.6 is 15.9 Å². The number of nitrogens with zero attached hydrogens (tertiary/aromatic N) is 2. The molecule has 2 N–H and O–H groups in total. The minimum absolute atomic E-state index is 0.0146. The predicted molar refractivity (Wildman–Crippen MR) is 87.5 cm³/mol. The Hall–Kier alpha value is -1.47. The maximum absolute atomic E-state index is 12.4. The van der Waals surface area contributed by atoms with Gasteiger partial charge < -0.3 is 10.6 Å². The van der Waals surface area contributed by atoms with Gasteiger partial charge in [-0.05, 0) is 31.2 Å². The molecule has 1 saturated heterocycles. The first kappa shape index (κ1) is 16.9. The highest BCUT2D eigenvalue weighted by molar-refractivity contribution is 9.10. The summed E-state index contributed by atoms with van der Waals surface area (Å²) in [7, 11) is 0. The van der Waals surface area contributed by atoms with E-state index in [1.54, 1.807) is 6.07 Å². The molecule has 1 aromatic rings. The Morgan fingerprint density at radius 1 is 1.50 bits per heavy atom. The largest absolute Gasteiger partial charge is 0.342 e. The Bertz CT molecular complexity index is 569. The molecule has 22 heavy (non-hydrogen) atoms. The first-order valence-electron chi connectivity index (χ1n) is 7.34. The van der Waals surface area contributed by atoms with E-state index in [9.17, 15) is 14.9 Å². The molecule has 1 aliphatic heterocycles. The van der Waals surface area contributed by atoms with Gasteiger partial charge in [-0.15, -0.1) is 0 Å². The number of carbonyl (C=O) groups is 1. The van der Waals surface area contributed by atoms with E-state index >= 15 is 0 Å². The third kappa shape index (κ3) is 4.04. The second-order valence-electron chi connectivity index (χ2n) is 5.79. The lowest BCUT2D eigenvalue weighted by atomic mass is 9.91. The zero-order chi connectivity index (χ0) is 16.3. The number of amides is 1. The Kier molecular flexibility index (Phi) is 5.52. The smallest absolute Gasteiger partial charge is 0.270 e. The van der Waals surface area contributed by atoms with Crippen LogP contribution in [0.4, 0.5) is 5.69 Å². The van der Waals surface area contributed by atoms with Crippen LogP contribution in [0.5, 0.6) is 0 Å². The fraction of sp³-hybridized carbons (Fsp3) is 0.533. The van der Waals surface area contributed by atoms with E-state index in [0.717, 1.165) is 31.5 Å². The van der Waals surface area contributed by atoms with E-state index in [4.69, 9.17) is 5.73 Å². The molecule has 1 heterocycles. The molecule has 1 aliphatic rings. The molecule has 7 heteroatoms. The SMILES string of the molecule is CC(N)C1CCN(C(=O)Cc2ccc([N+](=O)[O-])cc2Br)CC1. The van der Waals surface area contributed by atoms with Gasteiger partial charge in [0.05, 0.1) is 11.3 Å². The fourth-order valence-electron chi connectivity index (χ4n) is 2.74. The average Bonchev–Trinajstić information content (AvgIpc) is 2.49. The van der Waals surface area contributed by atoms with Gasteiger partial charge in [-0.1, -0.05) is 22.0 Å². The number of hydrogen-bond acceptors (Lipinski definition) is 4. The van der Waals surface area contributed by atoms with Crippen LogP contribution in [0.1, 0.15) is 25.3 Å². The summed E-state index contributed by atoms with van der Waals surface area (Å²) in [5, 5.41) is 10.7. The van der Waals surface area contributed by atoms with E-state index in [1.165, 1.54) is 12.1 Å². The molecule has 6 nitrogen and oxygen atoms in total. The summed E-state index contributed by atoms with van der Waals surface area (Å²) in [5.74, 6) is 0.535. The van der Waals surface area contributed by atoms with Crippen molar-refractivity contribution in [2.75, 3.05) is 13.1 Å². The van der Waals surface area contributed by atoms with Crippen LogP contribution in [0.25, 0.3) is 0 Å². The quantitative estimate of drug-likeness (QED) is 0.651. The monoisotopic (exact) mass is 369 g/mol. The summed E-state index contributed by atoms with van der Waals surface area (Å²) in [4.78, 5) is 24.5. The Labute approximate surface area is 137 Å². The zero-order valence-electron chi connectivity index (χ0n) is 12.5. The number of piperidine rings is 1. The molecule has 1 aromatic carbocycles. The van der Waals surface area contributed by atoms with Crippen molar-refractivity contribution in [1.29, 1.82) is 0 Å². The van der Waals surface area contributed by atoms with E-state index < -0.39 is 4.92 Å². The fourth-order valence-corrected chi connectivity index (χ4v) is 3.25. The molecule has 2 rings (SSSR count). The Morgan fingerprint density at radius 3 is 2.64 bits per heavy atom. The van der Waals surface area contributed by atoms with Crippen molar-refractivity contribution in [3.8, 4) is 0 Å². The van der Waals surface area contributed by atoms with Crippen molar-refractivity contribution in [1.82, 2.24) is 4.90 Å². The van der Waals surface area contributed by atoms with Crippen LogP contribution in [-0.4, -0.2) is 34.9 Å². The number of nitrogens with two attached hydrogens (primary N) is 1. The van der Waals surface area contributed by atoms with E-state index in [2.05, 4.69) is 15.9 Å². The van der Waals surface area contributed by atoms with Crippen molar-refractivity contribution < 1.29 is 9.72 Å². The summed E-state index contributed by atoms with van der Waals surface area (Å²) in [5.41, 5.74) is 6.69. The first-order valence-corrected chi connectivity index (χ1v) is 8.14. The molecule has 0 saturated carbocycles. The summed E-state index contributed by atoms with van der Waals surface area (Å²) in [6.07, 6.45) is 2.12. The van der Waals surface area contributed by atoms with Gasteiger partial charge in [0.15, 0.2) is 0 Å². The molecule has 1 atom stereocenters. The van der Waals surface area contributed by atoms with Crippen molar-refractivity contribution in [2.24, 2.45) is 11.7 Å². The van der Waals surface area contributed by atoms with Crippen LogP contribution in [0.15, 0.2) is 22.7 Å². The number of non-ortho nitro benzene ring substituents is 1. The molecule has 0 aliphatic carbocycles. The van der Waals surface area contributed by atoms with Crippen LogP contribution in [0.3, 0.4) is 0 Å². The number of halogens is 1. The molecule has 0 aromatic heterocycles. The van der Waals surface area contributed by atoms with Gasteiger partial charge in [0.25, 0.3) is 5.69 Å². The molecule has 1 unspecified atom stereocenters. The van der Waals surface area contributed by atoms with Gasteiger partial charge in [0.1, 0.15) is 0 Å². The maximum Gasteiger partial charge on any atom is 0.270 e. The molecule has 120 valence electrons. The number of benzene rings is 1. The summed E-state index contributed by atoms with van der Waals surface area (Å²) in [6, 6.07) is 4.66.